The first-order valence-electron chi connectivity index (χ1n) is 21.1. The Morgan fingerprint density at radius 1 is 0.323 bits per heavy atom. The van der Waals surface area contributed by atoms with Gasteiger partial charge in [-0.05, 0) is 92.0 Å². The van der Waals surface area contributed by atoms with Crippen LogP contribution in [0.3, 0.4) is 0 Å². The van der Waals surface area contributed by atoms with E-state index in [0.717, 1.165) is 45.1 Å². The summed E-state index contributed by atoms with van der Waals surface area (Å²) in [5, 5.41) is 12.5. The minimum absolute atomic E-state index is 0.722. The molecule has 3 nitrogen and oxygen atoms in total. The molecule has 0 aliphatic carbocycles. The third-order valence-corrected chi connectivity index (χ3v) is 13.8. The van der Waals surface area contributed by atoms with Gasteiger partial charge in [-0.15, -0.1) is 11.3 Å². The van der Waals surface area contributed by atoms with Gasteiger partial charge in [0, 0.05) is 53.3 Å². The molecule has 0 aliphatic rings. The topological polar surface area (TPSA) is 30.7 Å². The summed E-state index contributed by atoms with van der Waals surface area (Å²) in [7, 11) is 0. The minimum Gasteiger partial charge on any atom is -0.309 e. The number of hydrogen-bond donors (Lipinski definition) is 0. The highest BCUT2D eigenvalue weighted by Gasteiger charge is 2.19. The standard InChI is InChI=1S/C58H35N3S/c1-2-13-36(14-3-1)37-25-27-38(28-26-37)52-35-53(60-58(59-52)49-22-12-21-48-47-20-9-11-24-56(47)62-57(48)49)39-29-32-55-51(33-39)46-19-8-10-23-54(46)61(55)40-30-31-45-43-17-5-4-15-41(43)42-16-6-7-18-44(42)50(45)34-40/h1-35H. The summed E-state index contributed by atoms with van der Waals surface area (Å²) < 4.78 is 4.88. The van der Waals surface area contributed by atoms with E-state index in [0.29, 0.717) is 0 Å². The number of thiophene rings is 1. The van der Waals surface area contributed by atoms with E-state index >= 15 is 0 Å². The summed E-state index contributed by atoms with van der Waals surface area (Å²) >= 11 is 1.81. The third-order valence-electron chi connectivity index (χ3n) is 12.6. The Morgan fingerprint density at radius 2 is 0.871 bits per heavy atom. The van der Waals surface area contributed by atoms with E-state index in [9.17, 15) is 0 Å². The molecule has 0 bridgehead atoms. The fourth-order valence-corrected chi connectivity index (χ4v) is 10.9. The van der Waals surface area contributed by atoms with Gasteiger partial charge in [-0.25, -0.2) is 9.97 Å². The van der Waals surface area contributed by atoms with Crippen molar-refractivity contribution in [2.45, 2.75) is 0 Å². The van der Waals surface area contributed by atoms with Gasteiger partial charge < -0.3 is 4.57 Å². The molecule has 288 valence electrons. The zero-order valence-electron chi connectivity index (χ0n) is 33.5. The molecule has 3 aromatic heterocycles. The lowest BCUT2D eigenvalue weighted by molar-refractivity contribution is 1.18. The van der Waals surface area contributed by atoms with Crippen molar-refractivity contribution in [1.29, 1.82) is 0 Å². The minimum atomic E-state index is 0.722. The third kappa shape index (κ3) is 5.44. The summed E-state index contributed by atoms with van der Waals surface area (Å²) in [4.78, 5) is 10.7. The smallest absolute Gasteiger partial charge is 0.161 e. The first-order valence-corrected chi connectivity index (χ1v) is 21.9. The number of para-hydroxylation sites is 1. The molecule has 0 aliphatic heterocycles. The Bertz CT molecular complexity index is 3880. The first-order chi connectivity index (χ1) is 30.7. The van der Waals surface area contributed by atoms with Gasteiger partial charge in [0.1, 0.15) is 0 Å². The van der Waals surface area contributed by atoms with Gasteiger partial charge in [-0.2, -0.15) is 0 Å². The molecule has 3 heterocycles. The summed E-state index contributed by atoms with van der Waals surface area (Å²) in [5.74, 6) is 0.722. The Balaban J connectivity index is 1.01. The molecular weight excluding hydrogens is 771 g/mol. The number of hydrogen-bond acceptors (Lipinski definition) is 3. The molecule has 13 rings (SSSR count). The van der Waals surface area contributed by atoms with E-state index < -0.39 is 0 Å². The Labute approximate surface area is 361 Å². The van der Waals surface area contributed by atoms with Crippen molar-refractivity contribution >= 4 is 85.6 Å². The van der Waals surface area contributed by atoms with Crippen LogP contribution in [0, 0.1) is 0 Å². The van der Waals surface area contributed by atoms with Gasteiger partial charge >= 0.3 is 0 Å². The van der Waals surface area contributed by atoms with E-state index in [1.807, 2.05) is 11.3 Å². The monoisotopic (exact) mass is 805 g/mol. The molecule has 0 saturated carbocycles. The quantitative estimate of drug-likeness (QED) is 0.162. The highest BCUT2D eigenvalue weighted by atomic mass is 32.1. The number of aromatic nitrogens is 3. The molecule has 0 spiro atoms. The molecule has 10 aromatic carbocycles. The van der Waals surface area contributed by atoms with Crippen molar-refractivity contribution in [3.05, 3.63) is 212 Å². The second-order valence-electron chi connectivity index (χ2n) is 16.1. The molecular formula is C58H35N3S. The number of fused-ring (bicyclic) bond motifs is 12. The molecule has 62 heavy (non-hydrogen) atoms. The lowest BCUT2D eigenvalue weighted by atomic mass is 9.94. The van der Waals surface area contributed by atoms with Crippen LogP contribution in [0.25, 0.3) is 125 Å². The van der Waals surface area contributed by atoms with Gasteiger partial charge in [-0.1, -0.05) is 164 Å². The van der Waals surface area contributed by atoms with Gasteiger partial charge in [0.2, 0.25) is 0 Å². The Kier molecular flexibility index (Phi) is 7.78. The highest BCUT2D eigenvalue weighted by Crippen LogP contribution is 2.42. The fraction of sp³-hybridized carbons (Fsp3) is 0. The zero-order chi connectivity index (χ0) is 40.7. The highest BCUT2D eigenvalue weighted by molar-refractivity contribution is 7.26. The van der Waals surface area contributed by atoms with Crippen molar-refractivity contribution in [3.8, 4) is 50.7 Å². The van der Waals surface area contributed by atoms with Crippen LogP contribution in [0.5, 0.6) is 0 Å². The van der Waals surface area contributed by atoms with Crippen molar-refractivity contribution in [2.24, 2.45) is 0 Å². The van der Waals surface area contributed by atoms with E-state index in [1.165, 1.54) is 79.9 Å². The zero-order valence-corrected chi connectivity index (χ0v) is 34.3. The maximum atomic E-state index is 5.41. The molecule has 0 saturated heterocycles. The van der Waals surface area contributed by atoms with Crippen LogP contribution in [0.2, 0.25) is 0 Å². The van der Waals surface area contributed by atoms with Crippen LogP contribution in [-0.4, -0.2) is 14.5 Å². The van der Waals surface area contributed by atoms with Crippen molar-refractivity contribution < 1.29 is 0 Å². The maximum Gasteiger partial charge on any atom is 0.161 e. The lowest BCUT2D eigenvalue weighted by Crippen LogP contribution is -1.97. The van der Waals surface area contributed by atoms with Gasteiger partial charge in [0.15, 0.2) is 5.82 Å². The molecule has 4 heteroatoms. The normalized spacial score (nSPS) is 11.9. The Hall–Kier alpha value is -7.92. The first kappa shape index (κ1) is 34.9. The largest absolute Gasteiger partial charge is 0.309 e. The molecule has 0 amide bonds. The lowest BCUT2D eigenvalue weighted by Gasteiger charge is -2.14. The molecule has 13 aromatic rings. The molecule has 0 unspecified atom stereocenters. The van der Waals surface area contributed by atoms with Crippen LogP contribution in [0.1, 0.15) is 0 Å². The second-order valence-corrected chi connectivity index (χ2v) is 17.1. The average Bonchev–Trinajstić information content (AvgIpc) is 3.90. The fourth-order valence-electron chi connectivity index (χ4n) is 9.70. The predicted molar refractivity (Wildman–Crippen MR) is 264 cm³/mol. The number of nitrogens with zero attached hydrogens (tertiary/aromatic N) is 3. The molecule has 0 fully saturated rings. The summed E-state index contributed by atoms with van der Waals surface area (Å²) in [6, 6.07) is 76.8. The SMILES string of the molecule is c1ccc(-c2ccc(-c3cc(-c4ccc5c(c4)c4ccccc4n5-c4ccc5c6ccccc6c6ccccc6c5c4)nc(-c4cccc5c4sc4ccccc45)n3)cc2)cc1. The van der Waals surface area contributed by atoms with E-state index in [-0.39, 0.29) is 0 Å². The predicted octanol–water partition coefficient (Wildman–Crippen LogP) is 16.1. The van der Waals surface area contributed by atoms with Crippen LogP contribution >= 0.6 is 11.3 Å². The summed E-state index contributed by atoms with van der Waals surface area (Å²) in [6.07, 6.45) is 0. The Morgan fingerprint density at radius 3 is 1.63 bits per heavy atom. The number of rotatable bonds is 5. The van der Waals surface area contributed by atoms with Crippen molar-refractivity contribution in [2.75, 3.05) is 0 Å². The van der Waals surface area contributed by atoms with Crippen molar-refractivity contribution in [3.63, 3.8) is 0 Å². The second kappa shape index (κ2) is 13.8. The average molecular weight is 806 g/mol. The molecule has 0 atom stereocenters. The summed E-state index contributed by atoms with van der Waals surface area (Å²) in [5.41, 5.74) is 10.7. The van der Waals surface area contributed by atoms with E-state index in [2.05, 4.69) is 217 Å². The van der Waals surface area contributed by atoms with Crippen LogP contribution in [0.4, 0.5) is 0 Å². The van der Waals surface area contributed by atoms with Gasteiger partial charge in [0.25, 0.3) is 0 Å². The maximum absolute atomic E-state index is 5.41. The van der Waals surface area contributed by atoms with Gasteiger partial charge in [0.05, 0.1) is 22.4 Å². The van der Waals surface area contributed by atoms with Crippen molar-refractivity contribution in [1.82, 2.24) is 14.5 Å². The van der Waals surface area contributed by atoms with E-state index in [1.54, 1.807) is 0 Å². The summed E-state index contributed by atoms with van der Waals surface area (Å²) in [6.45, 7) is 0. The molecule has 0 radical (unpaired) electrons. The number of benzene rings is 10. The van der Waals surface area contributed by atoms with Gasteiger partial charge in [-0.3, -0.25) is 0 Å². The van der Waals surface area contributed by atoms with E-state index in [4.69, 9.17) is 9.97 Å². The van der Waals surface area contributed by atoms with Crippen LogP contribution in [0.15, 0.2) is 212 Å². The van der Waals surface area contributed by atoms with Crippen LogP contribution in [-0.2, 0) is 0 Å². The van der Waals surface area contributed by atoms with Crippen LogP contribution < -0.4 is 0 Å². The molecule has 0 N–H and O–H groups in total.